The fourth-order valence-corrected chi connectivity index (χ4v) is 1.84. The van der Waals surface area contributed by atoms with Crippen molar-refractivity contribution in [2.75, 3.05) is 6.61 Å². The van der Waals surface area contributed by atoms with Gasteiger partial charge in [-0.2, -0.15) is 0 Å². The standard InChI is InChI=1S/C23H39NO2/c1-3-4-5-6-7-8-9-10-11-12-13-14-15-16-17-18-19-20-23(26)24-22(2)21-25/h7-8,10-11,13-14,16-17,22,25H,3-6,9,12,15,18-21H2,1-2H3,(H,24,26)/b8-7-,11-10-,14-13-,17-16-/i1D3,3D2,4D2,5D2,6D2. The second kappa shape index (κ2) is 19.7. The van der Waals surface area contributed by atoms with Crippen LogP contribution >= 0.6 is 0 Å². The molecule has 0 heterocycles. The summed E-state index contributed by atoms with van der Waals surface area (Å²) in [5.41, 5.74) is 0. The van der Waals surface area contributed by atoms with Crippen LogP contribution < -0.4 is 5.32 Å². The molecule has 1 unspecified atom stereocenters. The van der Waals surface area contributed by atoms with E-state index in [0.29, 0.717) is 12.8 Å². The number of hydrogen-bond acceptors (Lipinski definition) is 2. The lowest BCUT2D eigenvalue weighted by Crippen LogP contribution is -2.34. The third kappa shape index (κ3) is 18.7. The molecule has 0 aromatic heterocycles. The Morgan fingerprint density at radius 1 is 1.04 bits per heavy atom. The molecule has 0 spiro atoms. The summed E-state index contributed by atoms with van der Waals surface area (Å²) in [6.45, 7) is -1.83. The molecule has 0 saturated carbocycles. The molecule has 3 nitrogen and oxygen atoms in total. The molecule has 26 heavy (non-hydrogen) atoms. The van der Waals surface area contributed by atoms with Crippen molar-refractivity contribution < 1.29 is 25.0 Å². The number of aliphatic hydroxyl groups is 1. The van der Waals surface area contributed by atoms with Crippen LogP contribution in [0, 0.1) is 0 Å². The van der Waals surface area contributed by atoms with Gasteiger partial charge >= 0.3 is 0 Å². The molecular formula is C23H39NO2. The fourth-order valence-electron chi connectivity index (χ4n) is 1.84. The molecule has 1 amide bonds. The fraction of sp³-hybridized carbons (Fsp3) is 0.609. The Balaban J connectivity index is 4.52. The molecular weight excluding hydrogens is 322 g/mol. The second-order valence-corrected chi connectivity index (χ2v) is 5.59. The van der Waals surface area contributed by atoms with Crippen LogP contribution in [0.4, 0.5) is 0 Å². The molecule has 0 radical (unpaired) electrons. The van der Waals surface area contributed by atoms with Crippen molar-refractivity contribution in [3.8, 4) is 0 Å². The summed E-state index contributed by atoms with van der Waals surface area (Å²) in [5, 5.41) is 11.6. The van der Waals surface area contributed by atoms with Crippen molar-refractivity contribution >= 4 is 5.91 Å². The molecule has 148 valence electrons. The van der Waals surface area contributed by atoms with Crippen molar-refractivity contribution in [3.63, 3.8) is 0 Å². The molecule has 0 saturated heterocycles. The average molecular weight is 373 g/mol. The van der Waals surface area contributed by atoms with Gasteiger partial charge in [0, 0.05) is 27.5 Å². The Kier molecular flexibility index (Phi) is 8.55. The molecule has 0 aromatic rings. The molecule has 3 heteroatoms. The van der Waals surface area contributed by atoms with E-state index < -0.39 is 32.3 Å². The van der Waals surface area contributed by atoms with Gasteiger partial charge in [-0.25, -0.2) is 0 Å². The predicted molar refractivity (Wildman–Crippen MR) is 113 cm³/mol. The van der Waals surface area contributed by atoms with Crippen LogP contribution in [0.5, 0.6) is 0 Å². The van der Waals surface area contributed by atoms with Crippen LogP contribution in [0.2, 0.25) is 0 Å². The topological polar surface area (TPSA) is 49.3 Å². The highest BCUT2D eigenvalue weighted by atomic mass is 16.3. The van der Waals surface area contributed by atoms with E-state index in [1.807, 2.05) is 30.4 Å². The molecule has 2 N–H and O–H groups in total. The lowest BCUT2D eigenvalue weighted by molar-refractivity contribution is -0.122. The highest BCUT2D eigenvalue weighted by Crippen LogP contribution is 2.01. The number of nitrogens with one attached hydrogen (secondary N) is 1. The van der Waals surface area contributed by atoms with Crippen molar-refractivity contribution in [1.29, 1.82) is 0 Å². The first-order chi connectivity index (χ1) is 16.8. The quantitative estimate of drug-likeness (QED) is 0.272. The Morgan fingerprint density at radius 2 is 1.65 bits per heavy atom. The predicted octanol–water partition coefficient (Wildman–Crippen LogP) is 5.63. The summed E-state index contributed by atoms with van der Waals surface area (Å²) >= 11 is 0. The SMILES string of the molecule is [2H]C([2H])([2H])C([2H])([2H])C([2H])([2H])C([2H])([2H])C([2H])([2H])/C=C\C/C=C\C/C=C\C/C=C\CCCC(=O)NC(C)CO. The van der Waals surface area contributed by atoms with Gasteiger partial charge in [0.15, 0.2) is 0 Å². The van der Waals surface area contributed by atoms with Gasteiger partial charge < -0.3 is 10.4 Å². The maximum Gasteiger partial charge on any atom is 0.220 e. The largest absolute Gasteiger partial charge is 0.394 e. The second-order valence-electron chi connectivity index (χ2n) is 5.59. The molecule has 1 atom stereocenters. The Hall–Kier alpha value is -1.61. The molecule has 0 rings (SSSR count). The van der Waals surface area contributed by atoms with Crippen LogP contribution in [-0.2, 0) is 4.79 Å². The van der Waals surface area contributed by atoms with Crippen molar-refractivity contribution in [2.45, 2.75) is 83.8 Å². The third-order valence-electron chi connectivity index (χ3n) is 3.17. The first-order valence-electron chi connectivity index (χ1n) is 14.4. The van der Waals surface area contributed by atoms with Crippen molar-refractivity contribution in [3.05, 3.63) is 48.6 Å². The summed E-state index contributed by atoms with van der Waals surface area (Å²) in [6, 6.07) is -0.241. The minimum atomic E-state index is -3.64. The zero-order chi connectivity index (χ0) is 29.0. The van der Waals surface area contributed by atoms with Gasteiger partial charge in [-0.15, -0.1) is 0 Å². The average Bonchev–Trinajstić information content (AvgIpc) is 2.77. The van der Waals surface area contributed by atoms with Crippen LogP contribution in [0.3, 0.4) is 0 Å². The van der Waals surface area contributed by atoms with Crippen LogP contribution in [0.1, 0.15) is 92.9 Å². The van der Waals surface area contributed by atoms with Crippen LogP contribution in [-0.4, -0.2) is 23.7 Å². The van der Waals surface area contributed by atoms with E-state index >= 15 is 0 Å². The van der Waals surface area contributed by atoms with Crippen molar-refractivity contribution in [2.24, 2.45) is 0 Å². The zero-order valence-corrected chi connectivity index (χ0v) is 15.5. The number of aliphatic hydroxyl groups excluding tert-OH is 1. The summed E-state index contributed by atoms with van der Waals surface area (Å²) in [5.74, 6) is -0.0801. The van der Waals surface area contributed by atoms with Crippen molar-refractivity contribution in [1.82, 2.24) is 5.32 Å². The molecule has 0 fully saturated rings. The zero-order valence-electron chi connectivity index (χ0n) is 26.5. The summed E-state index contributed by atoms with van der Waals surface area (Å²) in [4.78, 5) is 11.6. The monoisotopic (exact) mass is 372 g/mol. The molecule has 0 aliphatic carbocycles. The lowest BCUT2D eigenvalue weighted by Gasteiger charge is -2.09. The van der Waals surface area contributed by atoms with E-state index in [2.05, 4.69) is 5.32 Å². The van der Waals surface area contributed by atoms with Gasteiger partial charge in [-0.3, -0.25) is 4.79 Å². The number of amides is 1. The maximum absolute atomic E-state index is 11.6. The number of rotatable bonds is 16. The smallest absolute Gasteiger partial charge is 0.220 e. The highest BCUT2D eigenvalue weighted by Gasteiger charge is 2.04. The number of carbonyl (C=O) groups excluding carboxylic acids is 1. The van der Waals surface area contributed by atoms with E-state index in [1.54, 1.807) is 13.0 Å². The van der Waals surface area contributed by atoms with Gasteiger partial charge in [-0.05, 0) is 51.8 Å². The van der Waals surface area contributed by atoms with E-state index in [0.717, 1.165) is 25.3 Å². The first kappa shape index (κ1) is 11.3. The molecule has 0 aliphatic heterocycles. The normalized spacial score (nSPS) is 22.5. The Bertz CT molecular complexity index is 816. The van der Waals surface area contributed by atoms with Gasteiger partial charge in [-0.1, -0.05) is 68.2 Å². The van der Waals surface area contributed by atoms with E-state index in [9.17, 15) is 4.79 Å². The minimum absolute atomic E-state index is 0.0801. The van der Waals surface area contributed by atoms with E-state index in [-0.39, 0.29) is 25.0 Å². The number of unbranched alkanes of at least 4 members (excludes halogenated alkanes) is 1. The lowest BCUT2D eigenvalue weighted by atomic mass is 10.2. The number of allylic oxidation sites excluding steroid dienone is 8. The molecule has 0 aliphatic rings. The van der Waals surface area contributed by atoms with Gasteiger partial charge in [0.25, 0.3) is 0 Å². The summed E-state index contributed by atoms with van der Waals surface area (Å²) in [6.07, 6.45) is 3.26. The number of carbonyl (C=O) groups is 1. The van der Waals surface area contributed by atoms with Gasteiger partial charge in [0.1, 0.15) is 0 Å². The Labute approximate surface area is 176 Å². The third-order valence-corrected chi connectivity index (χ3v) is 3.17. The van der Waals surface area contributed by atoms with Gasteiger partial charge in [0.05, 0.1) is 6.61 Å². The van der Waals surface area contributed by atoms with E-state index in [4.69, 9.17) is 20.2 Å². The summed E-state index contributed by atoms with van der Waals surface area (Å²) < 4.78 is 84.0. The van der Waals surface area contributed by atoms with Crippen LogP contribution in [0.15, 0.2) is 48.6 Å². The molecule has 0 bridgehead atoms. The maximum atomic E-state index is 11.6. The highest BCUT2D eigenvalue weighted by molar-refractivity contribution is 5.76. The van der Waals surface area contributed by atoms with Crippen LogP contribution in [0.25, 0.3) is 0 Å². The number of hydrogen-bond donors (Lipinski definition) is 2. The summed E-state index contributed by atoms with van der Waals surface area (Å²) in [7, 11) is 0. The minimum Gasteiger partial charge on any atom is -0.394 e. The van der Waals surface area contributed by atoms with E-state index in [1.165, 1.54) is 6.08 Å². The molecule has 0 aromatic carbocycles. The first-order valence-corrected chi connectivity index (χ1v) is 8.88. The Morgan fingerprint density at radius 3 is 2.27 bits per heavy atom. The van der Waals surface area contributed by atoms with Gasteiger partial charge in [0.2, 0.25) is 5.91 Å².